The molecule has 3 aromatic heterocycles. The molecule has 0 unspecified atom stereocenters. The number of aromatic nitrogens is 4. The van der Waals surface area contributed by atoms with Crippen molar-refractivity contribution in [3.63, 3.8) is 0 Å². The summed E-state index contributed by atoms with van der Waals surface area (Å²) in [6.45, 7) is 0.235. The molecule has 10 heteroatoms. The monoisotopic (exact) mass is 496 g/mol. The average Bonchev–Trinajstić information content (AvgIpc) is 3.28. The zero-order valence-electron chi connectivity index (χ0n) is 17.9. The third-order valence-electron chi connectivity index (χ3n) is 5.10. The van der Waals surface area contributed by atoms with E-state index in [0.29, 0.717) is 17.4 Å². The van der Waals surface area contributed by atoms with Gasteiger partial charge < -0.3 is 9.47 Å². The van der Waals surface area contributed by atoms with Crippen molar-refractivity contribution in [1.82, 2.24) is 19.4 Å². The Balaban J connectivity index is 1.24. The predicted molar refractivity (Wildman–Crippen MR) is 124 cm³/mol. The highest BCUT2D eigenvalue weighted by Crippen LogP contribution is 2.37. The van der Waals surface area contributed by atoms with Crippen molar-refractivity contribution >= 4 is 17.4 Å². The van der Waals surface area contributed by atoms with Gasteiger partial charge in [0.1, 0.15) is 18.1 Å². The molecule has 0 aliphatic carbocycles. The van der Waals surface area contributed by atoms with Crippen molar-refractivity contribution in [1.29, 1.82) is 0 Å². The highest BCUT2D eigenvalue weighted by molar-refractivity contribution is 6.31. The van der Waals surface area contributed by atoms with Gasteiger partial charge >= 0.3 is 6.18 Å². The van der Waals surface area contributed by atoms with Crippen LogP contribution in [0.4, 0.5) is 13.2 Å². The van der Waals surface area contributed by atoms with E-state index in [1.807, 2.05) is 22.7 Å². The number of rotatable bonds is 6. The first kappa shape index (κ1) is 22.7. The highest BCUT2D eigenvalue weighted by Gasteiger charge is 2.33. The number of ether oxygens (including phenoxy) is 2. The number of hydrogen-bond acceptors (Lipinski definition) is 5. The van der Waals surface area contributed by atoms with E-state index in [0.717, 1.165) is 29.0 Å². The molecule has 176 valence electrons. The molecule has 0 radical (unpaired) electrons. The van der Waals surface area contributed by atoms with E-state index in [2.05, 4.69) is 15.0 Å². The summed E-state index contributed by atoms with van der Waals surface area (Å²) in [6.07, 6.45) is 2.44. The minimum atomic E-state index is -4.56. The third kappa shape index (κ3) is 5.04. The predicted octanol–water partition coefficient (Wildman–Crippen LogP) is 6.83. The van der Waals surface area contributed by atoms with Crippen LogP contribution in [0.2, 0.25) is 5.02 Å². The van der Waals surface area contributed by atoms with Gasteiger partial charge in [-0.05, 0) is 48.0 Å². The Kier molecular flexibility index (Phi) is 6.00. The first-order valence-corrected chi connectivity index (χ1v) is 10.8. The number of hydrogen-bond donors (Lipinski definition) is 0. The van der Waals surface area contributed by atoms with Crippen LogP contribution in [-0.2, 0) is 12.8 Å². The number of fused-ring (bicyclic) bond motifs is 1. The molecule has 0 fully saturated rings. The fourth-order valence-electron chi connectivity index (χ4n) is 3.40. The van der Waals surface area contributed by atoms with Crippen LogP contribution in [0.5, 0.6) is 17.4 Å². The summed E-state index contributed by atoms with van der Waals surface area (Å²) in [7, 11) is 0. The first-order valence-electron chi connectivity index (χ1n) is 10.4. The van der Waals surface area contributed by atoms with E-state index in [1.54, 1.807) is 48.9 Å². The molecule has 6 nitrogen and oxygen atoms in total. The topological polar surface area (TPSA) is 61.5 Å². The van der Waals surface area contributed by atoms with Crippen LogP contribution in [0.15, 0.2) is 85.5 Å². The Labute approximate surface area is 202 Å². The van der Waals surface area contributed by atoms with Crippen molar-refractivity contribution in [2.24, 2.45) is 0 Å². The van der Waals surface area contributed by atoms with E-state index < -0.39 is 11.7 Å². The maximum absolute atomic E-state index is 13.0. The van der Waals surface area contributed by atoms with Crippen LogP contribution >= 0.6 is 11.6 Å². The molecule has 35 heavy (non-hydrogen) atoms. The number of alkyl halides is 3. The number of halogens is 4. The summed E-state index contributed by atoms with van der Waals surface area (Å²) in [5.41, 5.74) is 1.67. The van der Waals surface area contributed by atoms with E-state index in [4.69, 9.17) is 21.1 Å². The Morgan fingerprint density at radius 1 is 0.943 bits per heavy atom. The van der Waals surface area contributed by atoms with Gasteiger partial charge in [0.15, 0.2) is 0 Å². The van der Waals surface area contributed by atoms with Crippen LogP contribution in [0.1, 0.15) is 11.1 Å². The molecule has 0 amide bonds. The van der Waals surface area contributed by atoms with Crippen molar-refractivity contribution in [3.05, 3.63) is 102 Å². The lowest BCUT2D eigenvalue weighted by atomic mass is 10.2. The molecule has 0 atom stereocenters. The highest BCUT2D eigenvalue weighted by atomic mass is 35.5. The van der Waals surface area contributed by atoms with Crippen LogP contribution < -0.4 is 9.47 Å². The van der Waals surface area contributed by atoms with Crippen LogP contribution in [0.25, 0.3) is 17.0 Å². The SMILES string of the molecule is FC(F)(F)c1cc(Oc2ccc(COc3ccn4c(-c5cccnc5)cnc4n3)cc2)ccc1Cl. The number of benzene rings is 2. The molecule has 2 aromatic carbocycles. The lowest BCUT2D eigenvalue weighted by Gasteiger charge is -2.12. The zero-order valence-corrected chi connectivity index (χ0v) is 18.7. The van der Waals surface area contributed by atoms with E-state index in [-0.39, 0.29) is 17.4 Å². The van der Waals surface area contributed by atoms with Crippen molar-refractivity contribution in [3.8, 4) is 28.6 Å². The zero-order chi connectivity index (χ0) is 24.4. The number of imidazole rings is 1. The Morgan fingerprint density at radius 3 is 2.49 bits per heavy atom. The smallest absolute Gasteiger partial charge is 0.417 e. The minimum absolute atomic E-state index is 0.0357. The van der Waals surface area contributed by atoms with Crippen molar-refractivity contribution in [2.45, 2.75) is 12.8 Å². The Hall–Kier alpha value is -4.11. The van der Waals surface area contributed by atoms with Gasteiger partial charge in [-0.1, -0.05) is 23.7 Å². The summed E-state index contributed by atoms with van der Waals surface area (Å²) in [4.78, 5) is 12.9. The lowest BCUT2D eigenvalue weighted by Crippen LogP contribution is -2.05. The van der Waals surface area contributed by atoms with Crippen LogP contribution in [0, 0.1) is 0 Å². The van der Waals surface area contributed by atoms with Gasteiger partial charge in [0.2, 0.25) is 11.7 Å². The number of nitrogens with zero attached hydrogens (tertiary/aromatic N) is 4. The molecule has 0 aliphatic heterocycles. The molecule has 5 aromatic rings. The second kappa shape index (κ2) is 9.27. The Bertz CT molecular complexity index is 1470. The van der Waals surface area contributed by atoms with E-state index >= 15 is 0 Å². The molecule has 0 N–H and O–H groups in total. The second-order valence-electron chi connectivity index (χ2n) is 7.50. The average molecular weight is 497 g/mol. The summed E-state index contributed by atoms with van der Waals surface area (Å²) in [5.74, 6) is 1.31. The lowest BCUT2D eigenvalue weighted by molar-refractivity contribution is -0.137. The van der Waals surface area contributed by atoms with Gasteiger partial charge in [0.05, 0.1) is 22.5 Å². The van der Waals surface area contributed by atoms with Crippen molar-refractivity contribution in [2.75, 3.05) is 0 Å². The van der Waals surface area contributed by atoms with Crippen LogP contribution in [-0.4, -0.2) is 19.4 Å². The Morgan fingerprint density at radius 2 is 1.74 bits per heavy atom. The molecule has 0 saturated heterocycles. The van der Waals surface area contributed by atoms with E-state index in [9.17, 15) is 13.2 Å². The van der Waals surface area contributed by atoms with Gasteiger partial charge in [-0.2, -0.15) is 18.2 Å². The largest absolute Gasteiger partial charge is 0.473 e. The standard InChI is InChI=1S/C25H16ClF3N4O2/c26-21-8-7-19(12-20(21)25(27,28)29)35-18-5-3-16(4-6-18)15-34-23-9-11-33-22(14-31-24(33)32-23)17-2-1-10-30-13-17/h1-14H,15H2. The van der Waals surface area contributed by atoms with Gasteiger partial charge in [-0.3, -0.25) is 9.38 Å². The molecule has 0 saturated carbocycles. The third-order valence-corrected chi connectivity index (χ3v) is 5.43. The first-order chi connectivity index (χ1) is 16.9. The fraction of sp³-hybridized carbons (Fsp3) is 0.0800. The molecule has 3 heterocycles. The maximum atomic E-state index is 13.0. The van der Waals surface area contributed by atoms with Gasteiger partial charge in [-0.15, -0.1) is 0 Å². The molecular formula is C25H16ClF3N4O2. The van der Waals surface area contributed by atoms with Gasteiger partial charge in [0, 0.05) is 30.2 Å². The summed E-state index contributed by atoms with van der Waals surface area (Å²) >= 11 is 5.65. The molecule has 5 rings (SSSR count). The van der Waals surface area contributed by atoms with Gasteiger partial charge in [0.25, 0.3) is 0 Å². The normalized spacial score (nSPS) is 11.5. The van der Waals surface area contributed by atoms with Crippen molar-refractivity contribution < 1.29 is 22.6 Å². The molecule has 0 aliphatic rings. The minimum Gasteiger partial charge on any atom is -0.473 e. The van der Waals surface area contributed by atoms with E-state index in [1.165, 1.54) is 6.07 Å². The quantitative estimate of drug-likeness (QED) is 0.258. The van der Waals surface area contributed by atoms with Crippen LogP contribution in [0.3, 0.4) is 0 Å². The maximum Gasteiger partial charge on any atom is 0.417 e. The fourth-order valence-corrected chi connectivity index (χ4v) is 3.62. The summed E-state index contributed by atoms with van der Waals surface area (Å²) in [5, 5.41) is -0.382. The molecule has 0 bridgehead atoms. The summed E-state index contributed by atoms with van der Waals surface area (Å²) < 4.78 is 52.3. The summed E-state index contributed by atoms with van der Waals surface area (Å²) in [6, 6.07) is 15.7. The molecular weight excluding hydrogens is 481 g/mol. The van der Waals surface area contributed by atoms with Gasteiger partial charge in [-0.25, -0.2) is 4.98 Å². The molecule has 0 spiro atoms. The number of pyridine rings is 1. The second-order valence-corrected chi connectivity index (χ2v) is 7.90.